The normalized spacial score (nSPS) is 16.6. The Kier molecular flexibility index (Phi) is 5.20. The van der Waals surface area contributed by atoms with Gasteiger partial charge in [0.05, 0.1) is 17.0 Å². The Morgan fingerprint density at radius 1 is 1.08 bits per heavy atom. The fraction of sp³-hybridized carbons (Fsp3) is 0.158. The Balaban J connectivity index is 1.77. The van der Waals surface area contributed by atoms with Gasteiger partial charge in [0.25, 0.3) is 5.91 Å². The van der Waals surface area contributed by atoms with E-state index >= 15 is 0 Å². The molecule has 1 amide bonds. The van der Waals surface area contributed by atoms with E-state index in [-0.39, 0.29) is 5.91 Å². The zero-order valence-electron chi connectivity index (χ0n) is 13.7. The maximum atomic E-state index is 12.6. The van der Waals surface area contributed by atoms with Crippen LogP contribution in [-0.4, -0.2) is 15.1 Å². The monoisotopic (exact) mass is 393 g/mol. The predicted octanol–water partition coefficient (Wildman–Crippen LogP) is 5.42. The fourth-order valence-corrected chi connectivity index (χ4v) is 3.69. The van der Waals surface area contributed by atoms with Crippen molar-refractivity contribution >= 4 is 40.3 Å². The first-order valence-electron chi connectivity index (χ1n) is 7.72. The van der Waals surface area contributed by atoms with E-state index in [0.29, 0.717) is 21.3 Å². The first-order chi connectivity index (χ1) is 12.2. The van der Waals surface area contributed by atoms with Gasteiger partial charge in [0.15, 0.2) is 0 Å². The molecule has 0 atom stereocenters. The van der Waals surface area contributed by atoms with Crippen LogP contribution in [0.4, 0.5) is 13.2 Å². The summed E-state index contributed by atoms with van der Waals surface area (Å²) < 4.78 is 38.3. The molecule has 0 aliphatic carbocycles. The van der Waals surface area contributed by atoms with Crippen LogP contribution in [0, 0.1) is 6.92 Å². The minimum Gasteiger partial charge on any atom is -0.288 e. The Morgan fingerprint density at radius 3 is 2.27 bits per heavy atom. The number of carbonyl (C=O) groups excluding carboxylic acids is 1. The number of aryl methyl sites for hydroxylation is 1. The summed E-state index contributed by atoms with van der Waals surface area (Å²) >= 11 is 6.44. The molecule has 0 aromatic heterocycles. The molecular formula is C19H14F3NOS2. The number of thiocarbonyl (C=S) groups is 1. The lowest BCUT2D eigenvalue weighted by atomic mass is 10.1. The van der Waals surface area contributed by atoms with Crippen molar-refractivity contribution in [3.05, 3.63) is 75.7 Å². The third-order valence-corrected chi connectivity index (χ3v) is 5.25. The summed E-state index contributed by atoms with van der Waals surface area (Å²) in [5.74, 6) is -0.236. The third-order valence-electron chi connectivity index (χ3n) is 3.87. The van der Waals surface area contributed by atoms with Gasteiger partial charge in [-0.05, 0) is 36.3 Å². The van der Waals surface area contributed by atoms with Crippen LogP contribution >= 0.6 is 24.0 Å². The fourth-order valence-electron chi connectivity index (χ4n) is 2.43. The van der Waals surface area contributed by atoms with E-state index in [0.717, 1.165) is 35.0 Å². The van der Waals surface area contributed by atoms with Crippen LogP contribution in [0.2, 0.25) is 0 Å². The van der Waals surface area contributed by atoms with Crippen molar-refractivity contribution in [3.63, 3.8) is 0 Å². The zero-order valence-corrected chi connectivity index (χ0v) is 15.3. The molecule has 7 heteroatoms. The minimum atomic E-state index is -4.38. The summed E-state index contributed by atoms with van der Waals surface area (Å²) in [5, 5.41) is 0. The van der Waals surface area contributed by atoms with Gasteiger partial charge in [-0.3, -0.25) is 9.69 Å². The first kappa shape index (κ1) is 18.7. The van der Waals surface area contributed by atoms with E-state index in [9.17, 15) is 18.0 Å². The van der Waals surface area contributed by atoms with Gasteiger partial charge in [0.2, 0.25) is 0 Å². The maximum absolute atomic E-state index is 12.6. The van der Waals surface area contributed by atoms with Gasteiger partial charge in [0, 0.05) is 0 Å². The molecule has 0 bridgehead atoms. The number of rotatable bonds is 3. The van der Waals surface area contributed by atoms with E-state index in [4.69, 9.17) is 12.2 Å². The number of nitrogens with zero attached hydrogens (tertiary/aromatic N) is 1. The molecule has 1 aliphatic heterocycles. The number of amides is 1. The largest absolute Gasteiger partial charge is 0.416 e. The molecule has 0 N–H and O–H groups in total. The van der Waals surface area contributed by atoms with Crippen LogP contribution in [0.5, 0.6) is 0 Å². The molecule has 1 aliphatic rings. The number of alkyl halides is 3. The maximum Gasteiger partial charge on any atom is 0.416 e. The van der Waals surface area contributed by atoms with Crippen molar-refractivity contribution < 1.29 is 18.0 Å². The lowest BCUT2D eigenvalue weighted by molar-refractivity contribution is -0.137. The zero-order chi connectivity index (χ0) is 18.9. The van der Waals surface area contributed by atoms with E-state index in [1.165, 1.54) is 17.0 Å². The highest BCUT2D eigenvalue weighted by Crippen LogP contribution is 2.34. The van der Waals surface area contributed by atoms with Crippen molar-refractivity contribution in [1.29, 1.82) is 0 Å². The Labute approximate surface area is 158 Å². The molecule has 0 spiro atoms. The Hall–Kier alpha value is -2.12. The standard InChI is InChI=1S/C19H14F3NOS2/c1-12-2-4-14(5-3-12)11-23-17(24)16(26-18(23)25)10-13-6-8-15(9-7-13)19(20,21)22/h2-10H,11H2,1H3. The van der Waals surface area contributed by atoms with Crippen molar-refractivity contribution in [1.82, 2.24) is 4.90 Å². The third kappa shape index (κ3) is 4.16. The highest BCUT2D eigenvalue weighted by Gasteiger charge is 2.32. The number of hydrogen-bond donors (Lipinski definition) is 0. The summed E-state index contributed by atoms with van der Waals surface area (Å²) in [6.45, 7) is 2.35. The molecule has 1 saturated heterocycles. The average Bonchev–Trinajstić information content (AvgIpc) is 2.84. The van der Waals surface area contributed by atoms with Crippen LogP contribution in [-0.2, 0) is 17.5 Å². The summed E-state index contributed by atoms with van der Waals surface area (Å²) in [5.41, 5.74) is 1.89. The second-order valence-electron chi connectivity index (χ2n) is 5.87. The van der Waals surface area contributed by atoms with Gasteiger partial charge in [-0.2, -0.15) is 13.2 Å². The molecule has 2 aromatic carbocycles. The predicted molar refractivity (Wildman–Crippen MR) is 101 cm³/mol. The minimum absolute atomic E-state index is 0.236. The summed E-state index contributed by atoms with van der Waals surface area (Å²) in [6, 6.07) is 12.5. The van der Waals surface area contributed by atoms with Crippen LogP contribution in [0.25, 0.3) is 6.08 Å². The molecule has 1 fully saturated rings. The molecular weight excluding hydrogens is 379 g/mol. The van der Waals surface area contributed by atoms with E-state index < -0.39 is 11.7 Å². The van der Waals surface area contributed by atoms with Crippen molar-refractivity contribution in [2.75, 3.05) is 0 Å². The number of hydrogen-bond acceptors (Lipinski definition) is 3. The molecule has 0 saturated carbocycles. The van der Waals surface area contributed by atoms with Crippen molar-refractivity contribution in [3.8, 4) is 0 Å². The Bertz CT molecular complexity index is 871. The van der Waals surface area contributed by atoms with E-state index in [2.05, 4.69) is 0 Å². The van der Waals surface area contributed by atoms with Crippen molar-refractivity contribution in [2.24, 2.45) is 0 Å². The second kappa shape index (κ2) is 7.25. The topological polar surface area (TPSA) is 20.3 Å². The number of thioether (sulfide) groups is 1. The van der Waals surface area contributed by atoms with Gasteiger partial charge in [-0.25, -0.2) is 0 Å². The quantitative estimate of drug-likeness (QED) is 0.513. The highest BCUT2D eigenvalue weighted by atomic mass is 32.2. The van der Waals surface area contributed by atoms with Crippen LogP contribution in [0.1, 0.15) is 22.3 Å². The van der Waals surface area contributed by atoms with Crippen molar-refractivity contribution in [2.45, 2.75) is 19.6 Å². The van der Waals surface area contributed by atoms with Gasteiger partial charge in [-0.15, -0.1) is 0 Å². The lowest BCUT2D eigenvalue weighted by Crippen LogP contribution is -2.27. The molecule has 3 rings (SSSR count). The Morgan fingerprint density at radius 2 is 1.69 bits per heavy atom. The number of halogens is 3. The number of carbonyl (C=O) groups is 1. The average molecular weight is 393 g/mol. The SMILES string of the molecule is Cc1ccc(CN2C(=O)C(=Cc3ccc(C(F)(F)F)cc3)SC2=S)cc1. The molecule has 134 valence electrons. The smallest absolute Gasteiger partial charge is 0.288 e. The molecule has 2 nitrogen and oxygen atoms in total. The molecule has 26 heavy (non-hydrogen) atoms. The van der Waals surface area contributed by atoms with Crippen LogP contribution in [0.3, 0.4) is 0 Å². The van der Waals surface area contributed by atoms with Crippen LogP contribution in [0.15, 0.2) is 53.4 Å². The summed E-state index contributed by atoms with van der Waals surface area (Å²) in [4.78, 5) is 14.5. The first-order valence-corrected chi connectivity index (χ1v) is 8.95. The van der Waals surface area contributed by atoms with Gasteiger partial charge >= 0.3 is 6.18 Å². The van der Waals surface area contributed by atoms with E-state index in [1.807, 2.05) is 31.2 Å². The second-order valence-corrected chi connectivity index (χ2v) is 7.55. The molecule has 0 unspecified atom stereocenters. The van der Waals surface area contributed by atoms with Gasteiger partial charge in [-0.1, -0.05) is 65.9 Å². The molecule has 2 aromatic rings. The van der Waals surface area contributed by atoms with Gasteiger partial charge in [0.1, 0.15) is 4.32 Å². The molecule has 1 heterocycles. The summed E-state index contributed by atoms with van der Waals surface area (Å²) in [7, 11) is 0. The van der Waals surface area contributed by atoms with Crippen LogP contribution < -0.4 is 0 Å². The number of benzene rings is 2. The summed E-state index contributed by atoms with van der Waals surface area (Å²) in [6.07, 6.45) is -2.81. The molecule has 0 radical (unpaired) electrons. The highest BCUT2D eigenvalue weighted by molar-refractivity contribution is 8.26. The van der Waals surface area contributed by atoms with E-state index in [1.54, 1.807) is 6.08 Å². The lowest BCUT2D eigenvalue weighted by Gasteiger charge is -2.14. The van der Waals surface area contributed by atoms with Gasteiger partial charge < -0.3 is 0 Å².